The number of nitrogens with zero attached hydrogens (tertiary/aromatic N) is 1. The van der Waals surface area contributed by atoms with Gasteiger partial charge in [-0.25, -0.2) is 17.5 Å². The number of rotatable bonds is 7. The van der Waals surface area contributed by atoms with Crippen LogP contribution in [0.15, 0.2) is 47.4 Å². The molecule has 0 aliphatic carbocycles. The molecule has 7 heteroatoms. The first-order valence-electron chi connectivity index (χ1n) is 9.90. The van der Waals surface area contributed by atoms with Crippen molar-refractivity contribution in [3.05, 3.63) is 64.4 Å². The van der Waals surface area contributed by atoms with E-state index in [9.17, 15) is 12.8 Å². The first-order valence-corrected chi connectivity index (χ1v) is 11.8. The van der Waals surface area contributed by atoms with Crippen molar-refractivity contribution in [2.45, 2.75) is 56.5 Å². The highest BCUT2D eigenvalue weighted by atomic mass is 35.5. The molecule has 1 fully saturated rings. The largest absolute Gasteiger partial charge is 0.297 e. The van der Waals surface area contributed by atoms with Crippen molar-refractivity contribution in [1.29, 1.82) is 0 Å². The second-order valence-electron chi connectivity index (χ2n) is 8.30. The third-order valence-electron chi connectivity index (χ3n) is 5.87. The van der Waals surface area contributed by atoms with Crippen LogP contribution in [0.3, 0.4) is 0 Å². The van der Waals surface area contributed by atoms with Crippen molar-refractivity contribution in [3.63, 3.8) is 0 Å². The molecule has 0 amide bonds. The lowest BCUT2D eigenvalue weighted by molar-refractivity contribution is 0.319. The first kappa shape index (κ1) is 22.2. The van der Waals surface area contributed by atoms with Gasteiger partial charge in [-0.15, -0.1) is 0 Å². The molecule has 1 aliphatic rings. The van der Waals surface area contributed by atoms with E-state index in [2.05, 4.69) is 25.5 Å². The number of nitrogens with one attached hydrogen (secondary N) is 1. The van der Waals surface area contributed by atoms with Crippen LogP contribution in [0.4, 0.5) is 4.39 Å². The van der Waals surface area contributed by atoms with Crippen molar-refractivity contribution < 1.29 is 12.8 Å². The molecule has 1 atom stereocenters. The molecule has 0 saturated carbocycles. The normalized spacial score (nSPS) is 18.3. The van der Waals surface area contributed by atoms with Crippen LogP contribution in [0.1, 0.15) is 44.7 Å². The Morgan fingerprint density at radius 3 is 2.52 bits per heavy atom. The molecule has 3 rings (SSSR count). The third kappa shape index (κ3) is 5.18. The average molecular weight is 439 g/mol. The van der Waals surface area contributed by atoms with Crippen molar-refractivity contribution in [3.8, 4) is 0 Å². The molecular formula is C22H28ClFN2O2S. The van der Waals surface area contributed by atoms with E-state index in [0.29, 0.717) is 36.6 Å². The second-order valence-corrected chi connectivity index (χ2v) is 10.4. The molecule has 1 aliphatic heterocycles. The zero-order chi connectivity index (χ0) is 21.2. The van der Waals surface area contributed by atoms with Crippen LogP contribution in [0, 0.1) is 5.82 Å². The number of hydrogen-bond donors (Lipinski definition) is 1. The monoisotopic (exact) mass is 438 g/mol. The summed E-state index contributed by atoms with van der Waals surface area (Å²) >= 11 is 6.11. The highest BCUT2D eigenvalue weighted by Gasteiger charge is 2.28. The minimum absolute atomic E-state index is 0.00958. The van der Waals surface area contributed by atoms with Gasteiger partial charge in [-0.2, -0.15) is 0 Å². The van der Waals surface area contributed by atoms with Crippen LogP contribution in [0.2, 0.25) is 5.02 Å². The Morgan fingerprint density at radius 1 is 1.21 bits per heavy atom. The van der Waals surface area contributed by atoms with Gasteiger partial charge < -0.3 is 0 Å². The van der Waals surface area contributed by atoms with Crippen molar-refractivity contribution in [2.24, 2.45) is 0 Å². The van der Waals surface area contributed by atoms with Gasteiger partial charge in [0, 0.05) is 36.3 Å². The van der Waals surface area contributed by atoms with Crippen molar-refractivity contribution in [2.75, 3.05) is 13.1 Å². The predicted octanol–water partition coefficient (Wildman–Crippen LogP) is 4.72. The highest BCUT2D eigenvalue weighted by Crippen LogP contribution is 2.28. The van der Waals surface area contributed by atoms with E-state index in [-0.39, 0.29) is 22.2 Å². The zero-order valence-electron chi connectivity index (χ0n) is 17.1. The fraction of sp³-hybridized carbons (Fsp3) is 0.455. The van der Waals surface area contributed by atoms with Gasteiger partial charge >= 0.3 is 0 Å². The number of likely N-dealkylation sites (tertiary alicyclic amines) is 1. The summed E-state index contributed by atoms with van der Waals surface area (Å²) in [5, 5.41) is 0.393. The Bertz CT molecular complexity index is 941. The van der Waals surface area contributed by atoms with E-state index < -0.39 is 10.0 Å². The lowest BCUT2D eigenvalue weighted by Crippen LogP contribution is -2.37. The zero-order valence-corrected chi connectivity index (χ0v) is 18.7. The Labute approximate surface area is 178 Å². The standard InChI is InChI=1S/C22H28ClFN2O2S/c1-4-22(2,3)16-8-10-18(11-9-16)29(27,28)25-17-12-13-26(14-17)15-19-20(23)6-5-7-21(19)24/h5-11,17,25H,4,12-15H2,1-3H3. The molecule has 0 aromatic heterocycles. The minimum atomic E-state index is -3.60. The van der Waals surface area contributed by atoms with E-state index in [1.165, 1.54) is 6.07 Å². The van der Waals surface area contributed by atoms with Crippen LogP contribution in [-0.4, -0.2) is 32.4 Å². The summed E-state index contributed by atoms with van der Waals surface area (Å²) in [5.41, 5.74) is 1.58. The maximum absolute atomic E-state index is 14.0. The molecular weight excluding hydrogens is 411 g/mol. The summed E-state index contributed by atoms with van der Waals surface area (Å²) in [6, 6.07) is 11.5. The summed E-state index contributed by atoms with van der Waals surface area (Å²) in [6.45, 7) is 7.97. The number of benzene rings is 2. The Morgan fingerprint density at radius 2 is 1.90 bits per heavy atom. The fourth-order valence-corrected chi connectivity index (χ4v) is 5.04. The molecule has 0 radical (unpaired) electrons. The minimum Gasteiger partial charge on any atom is -0.297 e. The number of hydrogen-bond acceptors (Lipinski definition) is 3. The van der Waals surface area contributed by atoms with Crippen LogP contribution >= 0.6 is 11.6 Å². The van der Waals surface area contributed by atoms with Gasteiger partial charge in [0.2, 0.25) is 10.0 Å². The first-order chi connectivity index (χ1) is 13.6. The van der Waals surface area contributed by atoms with E-state index in [4.69, 9.17) is 11.6 Å². The van der Waals surface area contributed by atoms with E-state index >= 15 is 0 Å². The summed E-state index contributed by atoms with van der Waals surface area (Å²) in [4.78, 5) is 2.29. The Hall–Kier alpha value is -1.47. The summed E-state index contributed by atoms with van der Waals surface area (Å²) in [7, 11) is -3.60. The van der Waals surface area contributed by atoms with E-state index in [1.807, 2.05) is 17.0 Å². The van der Waals surface area contributed by atoms with Gasteiger partial charge in [0.15, 0.2) is 0 Å². The molecule has 158 valence electrons. The van der Waals surface area contributed by atoms with Crippen molar-refractivity contribution >= 4 is 21.6 Å². The highest BCUT2D eigenvalue weighted by molar-refractivity contribution is 7.89. The van der Waals surface area contributed by atoms with Gasteiger partial charge in [0.25, 0.3) is 0 Å². The second kappa shape index (κ2) is 8.72. The van der Waals surface area contributed by atoms with E-state index in [0.717, 1.165) is 12.0 Å². The van der Waals surface area contributed by atoms with Gasteiger partial charge in [0.05, 0.1) is 4.90 Å². The molecule has 29 heavy (non-hydrogen) atoms. The molecule has 1 unspecified atom stereocenters. The molecule has 1 N–H and O–H groups in total. The number of halogens is 2. The topological polar surface area (TPSA) is 49.4 Å². The molecule has 0 bridgehead atoms. The van der Waals surface area contributed by atoms with Crippen LogP contribution in [0.5, 0.6) is 0 Å². The summed E-state index contributed by atoms with van der Waals surface area (Å²) in [5.74, 6) is -0.336. The SMILES string of the molecule is CCC(C)(C)c1ccc(S(=O)(=O)NC2CCN(Cc3c(F)cccc3Cl)C2)cc1. The smallest absolute Gasteiger partial charge is 0.240 e. The third-order valence-corrected chi connectivity index (χ3v) is 7.76. The Kier molecular flexibility index (Phi) is 6.68. The maximum Gasteiger partial charge on any atom is 0.240 e. The summed E-state index contributed by atoms with van der Waals surface area (Å²) in [6.07, 6.45) is 1.65. The quantitative estimate of drug-likeness (QED) is 0.680. The molecule has 2 aromatic rings. The lowest BCUT2D eigenvalue weighted by atomic mass is 9.82. The molecule has 4 nitrogen and oxygen atoms in total. The van der Waals surface area contributed by atoms with Crippen LogP contribution in [0.25, 0.3) is 0 Å². The van der Waals surface area contributed by atoms with Gasteiger partial charge in [0.1, 0.15) is 5.82 Å². The maximum atomic E-state index is 14.0. The predicted molar refractivity (Wildman–Crippen MR) is 115 cm³/mol. The summed E-state index contributed by atoms with van der Waals surface area (Å²) < 4.78 is 42.4. The molecule has 2 aromatic carbocycles. The van der Waals surface area contributed by atoms with Gasteiger partial charge in [-0.1, -0.05) is 50.6 Å². The molecule has 1 heterocycles. The average Bonchev–Trinajstić information content (AvgIpc) is 3.11. The van der Waals surface area contributed by atoms with Crippen LogP contribution < -0.4 is 4.72 Å². The number of sulfonamides is 1. The Balaban J connectivity index is 1.64. The lowest BCUT2D eigenvalue weighted by Gasteiger charge is -2.23. The fourth-order valence-electron chi connectivity index (χ4n) is 3.56. The van der Waals surface area contributed by atoms with Crippen LogP contribution in [-0.2, 0) is 22.0 Å². The van der Waals surface area contributed by atoms with Gasteiger partial charge in [-0.3, -0.25) is 4.90 Å². The molecule has 1 saturated heterocycles. The van der Waals surface area contributed by atoms with Gasteiger partial charge in [-0.05, 0) is 48.1 Å². The van der Waals surface area contributed by atoms with Crippen molar-refractivity contribution in [1.82, 2.24) is 9.62 Å². The molecule has 0 spiro atoms. The van der Waals surface area contributed by atoms with E-state index in [1.54, 1.807) is 24.3 Å².